The fourth-order valence-electron chi connectivity index (χ4n) is 1.08. The number of amidine groups is 1. The number of carbonyl (C=O) groups excluding carboxylic acids is 1. The van der Waals surface area contributed by atoms with E-state index in [2.05, 4.69) is 10.1 Å². The second-order valence-electron chi connectivity index (χ2n) is 3.31. The molecular formula is C9H14N4O2S. The third-order valence-electron chi connectivity index (χ3n) is 2.01. The lowest BCUT2D eigenvalue weighted by Gasteiger charge is -2.15. The molecule has 0 aliphatic rings. The van der Waals surface area contributed by atoms with Gasteiger partial charge in [-0.1, -0.05) is 5.16 Å². The Hall–Kier alpha value is -1.63. The van der Waals surface area contributed by atoms with Crippen molar-refractivity contribution in [3.63, 3.8) is 0 Å². The van der Waals surface area contributed by atoms with Gasteiger partial charge in [0, 0.05) is 20.0 Å². The molecule has 0 unspecified atom stereocenters. The van der Waals surface area contributed by atoms with Gasteiger partial charge in [-0.15, -0.1) is 11.3 Å². The molecule has 0 aromatic carbocycles. The molecule has 3 N–H and O–H groups in total. The van der Waals surface area contributed by atoms with Crippen molar-refractivity contribution in [1.82, 2.24) is 9.88 Å². The van der Waals surface area contributed by atoms with Crippen LogP contribution >= 0.6 is 11.3 Å². The van der Waals surface area contributed by atoms with Crippen molar-refractivity contribution >= 4 is 23.1 Å². The summed E-state index contributed by atoms with van der Waals surface area (Å²) < 4.78 is 0. The maximum Gasteiger partial charge on any atom is 0.265 e. The highest BCUT2D eigenvalue weighted by Crippen LogP contribution is 2.13. The van der Waals surface area contributed by atoms with Crippen LogP contribution in [0.2, 0.25) is 0 Å². The molecule has 1 aromatic rings. The van der Waals surface area contributed by atoms with Gasteiger partial charge in [-0.2, -0.15) is 0 Å². The van der Waals surface area contributed by atoms with E-state index in [1.54, 1.807) is 13.2 Å². The normalized spacial score (nSPS) is 11.5. The van der Waals surface area contributed by atoms with Crippen molar-refractivity contribution in [2.75, 3.05) is 13.6 Å². The monoisotopic (exact) mass is 242 g/mol. The molecule has 88 valence electrons. The van der Waals surface area contributed by atoms with Gasteiger partial charge in [-0.3, -0.25) is 4.79 Å². The number of carbonyl (C=O) groups is 1. The van der Waals surface area contributed by atoms with Gasteiger partial charge in [0.2, 0.25) is 0 Å². The molecule has 0 saturated carbocycles. The SMILES string of the molecule is Cc1ncc(C(=O)N(C)CCC(N)=NO)s1. The quantitative estimate of drug-likeness (QED) is 0.351. The summed E-state index contributed by atoms with van der Waals surface area (Å²) >= 11 is 1.35. The number of oxime groups is 1. The lowest BCUT2D eigenvalue weighted by Crippen LogP contribution is -2.30. The van der Waals surface area contributed by atoms with Crippen LogP contribution in [0.5, 0.6) is 0 Å². The van der Waals surface area contributed by atoms with Crippen molar-refractivity contribution in [2.45, 2.75) is 13.3 Å². The maximum absolute atomic E-state index is 11.8. The van der Waals surface area contributed by atoms with Gasteiger partial charge in [-0.05, 0) is 6.92 Å². The first-order valence-corrected chi connectivity index (χ1v) is 5.50. The van der Waals surface area contributed by atoms with E-state index in [4.69, 9.17) is 10.9 Å². The van der Waals surface area contributed by atoms with Crippen LogP contribution in [-0.4, -0.2) is 40.4 Å². The Morgan fingerprint density at radius 3 is 2.94 bits per heavy atom. The minimum Gasteiger partial charge on any atom is -0.409 e. The van der Waals surface area contributed by atoms with E-state index >= 15 is 0 Å². The van der Waals surface area contributed by atoms with E-state index in [-0.39, 0.29) is 11.7 Å². The average Bonchev–Trinajstić information content (AvgIpc) is 2.71. The first-order valence-electron chi connectivity index (χ1n) is 4.69. The molecule has 7 heteroatoms. The summed E-state index contributed by atoms with van der Waals surface area (Å²) in [4.78, 5) is 17.9. The average molecular weight is 242 g/mol. The van der Waals surface area contributed by atoms with Gasteiger partial charge in [0.05, 0.1) is 11.2 Å². The van der Waals surface area contributed by atoms with Gasteiger partial charge in [0.1, 0.15) is 10.7 Å². The van der Waals surface area contributed by atoms with Gasteiger partial charge in [0.15, 0.2) is 0 Å². The zero-order chi connectivity index (χ0) is 12.1. The fourth-order valence-corrected chi connectivity index (χ4v) is 1.85. The number of aromatic nitrogens is 1. The van der Waals surface area contributed by atoms with Crippen molar-refractivity contribution in [3.8, 4) is 0 Å². The van der Waals surface area contributed by atoms with E-state index in [1.165, 1.54) is 16.2 Å². The minimum atomic E-state index is -0.101. The van der Waals surface area contributed by atoms with E-state index in [0.717, 1.165) is 5.01 Å². The molecular weight excluding hydrogens is 228 g/mol. The van der Waals surface area contributed by atoms with Crippen molar-refractivity contribution in [2.24, 2.45) is 10.9 Å². The summed E-state index contributed by atoms with van der Waals surface area (Å²) in [6.07, 6.45) is 1.90. The molecule has 0 fully saturated rings. The van der Waals surface area contributed by atoms with Crippen LogP contribution in [0.3, 0.4) is 0 Å². The number of amides is 1. The molecule has 1 rings (SSSR count). The van der Waals surface area contributed by atoms with Gasteiger partial charge < -0.3 is 15.8 Å². The van der Waals surface area contributed by atoms with E-state index in [9.17, 15) is 4.79 Å². The first-order chi connectivity index (χ1) is 7.54. The number of nitrogens with two attached hydrogens (primary N) is 1. The standard InChI is InChI=1S/C9H14N4O2S/c1-6-11-5-7(16-6)9(14)13(2)4-3-8(10)12-15/h5,15H,3-4H2,1-2H3,(H2,10,12). The number of thiazole rings is 1. The number of nitrogens with zero attached hydrogens (tertiary/aromatic N) is 3. The van der Waals surface area contributed by atoms with Crippen LogP contribution in [0.15, 0.2) is 11.4 Å². The molecule has 1 amide bonds. The minimum absolute atomic E-state index is 0.101. The second kappa shape index (κ2) is 5.45. The van der Waals surface area contributed by atoms with Crippen LogP contribution in [0.4, 0.5) is 0 Å². The Kier molecular flexibility index (Phi) is 4.24. The summed E-state index contributed by atoms with van der Waals surface area (Å²) in [6, 6.07) is 0. The summed E-state index contributed by atoms with van der Waals surface area (Å²) in [5.41, 5.74) is 5.32. The number of hydrogen-bond donors (Lipinski definition) is 2. The van der Waals surface area contributed by atoms with Crippen LogP contribution in [0.25, 0.3) is 0 Å². The predicted octanol–water partition coefficient (Wildman–Crippen LogP) is 0.660. The Morgan fingerprint density at radius 1 is 1.75 bits per heavy atom. The van der Waals surface area contributed by atoms with Crippen LogP contribution in [0.1, 0.15) is 21.1 Å². The van der Waals surface area contributed by atoms with Crippen molar-refractivity contribution in [3.05, 3.63) is 16.1 Å². The highest BCUT2D eigenvalue weighted by atomic mass is 32.1. The molecule has 16 heavy (non-hydrogen) atoms. The highest BCUT2D eigenvalue weighted by molar-refractivity contribution is 7.13. The molecule has 0 spiro atoms. The molecule has 0 bridgehead atoms. The Morgan fingerprint density at radius 2 is 2.44 bits per heavy atom. The van der Waals surface area contributed by atoms with Gasteiger partial charge in [-0.25, -0.2) is 4.98 Å². The zero-order valence-corrected chi connectivity index (χ0v) is 9.99. The molecule has 0 radical (unpaired) electrons. The van der Waals surface area contributed by atoms with Gasteiger partial charge >= 0.3 is 0 Å². The lowest BCUT2D eigenvalue weighted by molar-refractivity contribution is 0.0803. The zero-order valence-electron chi connectivity index (χ0n) is 9.17. The Bertz CT molecular complexity index is 402. The third kappa shape index (κ3) is 3.20. The summed E-state index contributed by atoms with van der Waals surface area (Å²) in [5.74, 6) is 0.0106. The summed E-state index contributed by atoms with van der Waals surface area (Å²) in [7, 11) is 1.67. The molecule has 1 heterocycles. The molecule has 1 aromatic heterocycles. The van der Waals surface area contributed by atoms with Crippen molar-refractivity contribution < 1.29 is 10.0 Å². The molecule has 0 aliphatic heterocycles. The van der Waals surface area contributed by atoms with Gasteiger partial charge in [0.25, 0.3) is 5.91 Å². The lowest BCUT2D eigenvalue weighted by atomic mass is 10.3. The Balaban J connectivity index is 2.54. The smallest absolute Gasteiger partial charge is 0.265 e. The van der Waals surface area contributed by atoms with E-state index in [0.29, 0.717) is 17.8 Å². The van der Waals surface area contributed by atoms with E-state index in [1.807, 2.05) is 6.92 Å². The summed E-state index contributed by atoms with van der Waals surface area (Å²) in [6.45, 7) is 2.25. The highest BCUT2D eigenvalue weighted by Gasteiger charge is 2.14. The maximum atomic E-state index is 11.8. The number of hydrogen-bond acceptors (Lipinski definition) is 5. The topological polar surface area (TPSA) is 91.8 Å². The molecule has 6 nitrogen and oxygen atoms in total. The fraction of sp³-hybridized carbons (Fsp3) is 0.444. The third-order valence-corrected chi connectivity index (χ3v) is 2.91. The van der Waals surface area contributed by atoms with Crippen LogP contribution in [0, 0.1) is 6.92 Å². The predicted molar refractivity (Wildman–Crippen MR) is 61.8 cm³/mol. The molecule has 0 aliphatic carbocycles. The summed E-state index contributed by atoms with van der Waals surface area (Å²) in [5, 5.41) is 12.1. The second-order valence-corrected chi connectivity index (χ2v) is 4.55. The number of aryl methyl sites for hydroxylation is 1. The molecule has 0 atom stereocenters. The number of rotatable bonds is 4. The van der Waals surface area contributed by atoms with Crippen LogP contribution < -0.4 is 5.73 Å². The van der Waals surface area contributed by atoms with Crippen molar-refractivity contribution in [1.29, 1.82) is 0 Å². The van der Waals surface area contributed by atoms with E-state index < -0.39 is 0 Å². The Labute approximate surface area is 97.4 Å². The molecule has 0 saturated heterocycles. The largest absolute Gasteiger partial charge is 0.409 e. The van der Waals surface area contributed by atoms with Crippen LogP contribution in [-0.2, 0) is 0 Å². The first kappa shape index (κ1) is 12.4.